The average Bonchev–Trinajstić information content (AvgIpc) is 2.69. The molecule has 2 aromatic carbocycles. The zero-order chi connectivity index (χ0) is 22.6. The van der Waals surface area contributed by atoms with Crippen LogP contribution >= 0.6 is 0 Å². The maximum atomic E-state index is 13.3. The number of hydrogen-bond donors (Lipinski definition) is 3. The number of benzene rings is 2. The van der Waals surface area contributed by atoms with Crippen molar-refractivity contribution in [1.29, 1.82) is 0 Å². The van der Waals surface area contributed by atoms with Crippen LogP contribution in [-0.4, -0.2) is 19.4 Å². The minimum absolute atomic E-state index is 0.0996. The Morgan fingerprint density at radius 1 is 0.903 bits per heavy atom. The molecule has 12 heteroatoms. The zero-order valence-electron chi connectivity index (χ0n) is 15.4. The van der Waals surface area contributed by atoms with Crippen molar-refractivity contribution < 1.29 is 30.8 Å². The highest BCUT2D eigenvalue weighted by molar-refractivity contribution is 7.92. The Labute approximate surface area is 174 Å². The van der Waals surface area contributed by atoms with E-state index < -0.39 is 33.6 Å². The Hall–Kier alpha value is -3.67. The summed E-state index contributed by atoms with van der Waals surface area (Å²) in [5, 5.41) is 4.49. The van der Waals surface area contributed by atoms with Crippen molar-refractivity contribution in [2.75, 3.05) is 15.4 Å². The van der Waals surface area contributed by atoms with E-state index in [1.807, 2.05) is 0 Å². The Morgan fingerprint density at radius 2 is 1.55 bits per heavy atom. The number of carbonyl (C=O) groups is 1. The highest BCUT2D eigenvalue weighted by atomic mass is 32.2. The number of nitrogens with one attached hydrogen (secondary N) is 3. The number of hydrogen-bond acceptors (Lipinski definition) is 4. The number of carbonyl (C=O) groups excluding carboxylic acids is 1. The summed E-state index contributed by atoms with van der Waals surface area (Å²) in [5.74, 6) is -1.34. The molecule has 0 atom stereocenters. The van der Waals surface area contributed by atoms with Crippen molar-refractivity contribution in [2.45, 2.75) is 11.1 Å². The Morgan fingerprint density at radius 3 is 2.16 bits per heavy atom. The molecule has 0 saturated carbocycles. The third kappa shape index (κ3) is 5.69. The lowest BCUT2D eigenvalue weighted by Gasteiger charge is -2.12. The van der Waals surface area contributed by atoms with E-state index in [2.05, 4.69) is 20.3 Å². The molecule has 0 bridgehead atoms. The van der Waals surface area contributed by atoms with Crippen molar-refractivity contribution in [1.82, 2.24) is 4.98 Å². The summed E-state index contributed by atoms with van der Waals surface area (Å²) >= 11 is 0. The van der Waals surface area contributed by atoms with Gasteiger partial charge in [0.2, 0.25) is 0 Å². The predicted octanol–water partition coefficient (Wildman–Crippen LogP) is 4.68. The monoisotopic (exact) mass is 454 g/mol. The van der Waals surface area contributed by atoms with Gasteiger partial charge in [-0.1, -0.05) is 6.07 Å². The van der Waals surface area contributed by atoms with Crippen LogP contribution in [0.25, 0.3) is 0 Å². The van der Waals surface area contributed by atoms with E-state index in [0.29, 0.717) is 12.1 Å². The summed E-state index contributed by atoms with van der Waals surface area (Å²) in [5.41, 5.74) is -1.61. The van der Waals surface area contributed by atoms with Crippen LogP contribution in [0.4, 0.5) is 39.5 Å². The number of rotatable bonds is 5. The SMILES string of the molecule is O=C(Nc1ccc(S(=O)(=O)Nc2ccccn2)cc1)Nc1ccc(F)c(C(F)(F)F)c1. The molecule has 0 spiro atoms. The van der Waals surface area contributed by atoms with E-state index in [9.17, 15) is 30.8 Å². The van der Waals surface area contributed by atoms with Crippen molar-refractivity contribution in [2.24, 2.45) is 0 Å². The van der Waals surface area contributed by atoms with Gasteiger partial charge in [0, 0.05) is 17.6 Å². The Bertz CT molecular complexity index is 1190. The van der Waals surface area contributed by atoms with Crippen molar-refractivity contribution in [3.63, 3.8) is 0 Å². The predicted molar refractivity (Wildman–Crippen MR) is 106 cm³/mol. The van der Waals surface area contributed by atoms with Crippen LogP contribution < -0.4 is 15.4 Å². The average molecular weight is 454 g/mol. The highest BCUT2D eigenvalue weighted by Crippen LogP contribution is 2.33. The molecule has 0 radical (unpaired) electrons. The molecule has 0 fully saturated rings. The second kappa shape index (κ2) is 8.60. The zero-order valence-corrected chi connectivity index (χ0v) is 16.3. The summed E-state index contributed by atoms with van der Waals surface area (Å²) < 4.78 is 78.6. The molecule has 3 rings (SSSR count). The van der Waals surface area contributed by atoms with Crippen molar-refractivity contribution >= 4 is 33.2 Å². The third-order valence-corrected chi connectivity index (χ3v) is 5.23. The molecule has 7 nitrogen and oxygen atoms in total. The van der Waals surface area contributed by atoms with E-state index in [-0.39, 0.29) is 22.1 Å². The Kier molecular flexibility index (Phi) is 6.11. The number of halogens is 4. The number of amides is 2. The number of alkyl halides is 3. The second-order valence-corrected chi connectivity index (χ2v) is 7.80. The van der Waals surface area contributed by atoms with E-state index in [1.165, 1.54) is 36.5 Å². The van der Waals surface area contributed by atoms with Crippen LogP contribution in [0.1, 0.15) is 5.56 Å². The first kappa shape index (κ1) is 22.0. The lowest BCUT2D eigenvalue weighted by atomic mass is 10.2. The number of sulfonamides is 1. The molecule has 3 N–H and O–H groups in total. The van der Waals surface area contributed by atoms with Gasteiger partial charge >= 0.3 is 12.2 Å². The van der Waals surface area contributed by atoms with Gasteiger partial charge in [-0.2, -0.15) is 13.2 Å². The molecule has 1 heterocycles. The first-order valence-corrected chi connectivity index (χ1v) is 10.0. The molecular weight excluding hydrogens is 440 g/mol. The standard InChI is InChI=1S/C19H14F4N4O3S/c20-16-9-6-13(11-15(16)19(21,22)23)26-18(28)25-12-4-7-14(8-5-12)31(29,30)27-17-3-1-2-10-24-17/h1-11H,(H,24,27)(H2,25,26,28). The van der Waals surface area contributed by atoms with Gasteiger partial charge in [-0.3, -0.25) is 4.72 Å². The van der Waals surface area contributed by atoms with Crippen LogP contribution in [0.3, 0.4) is 0 Å². The number of pyridine rings is 1. The molecule has 162 valence electrons. The maximum absolute atomic E-state index is 13.3. The molecule has 0 aliphatic heterocycles. The van der Waals surface area contributed by atoms with Gasteiger partial charge in [-0.05, 0) is 54.6 Å². The molecule has 31 heavy (non-hydrogen) atoms. The fourth-order valence-corrected chi connectivity index (χ4v) is 3.46. The maximum Gasteiger partial charge on any atom is 0.419 e. The van der Waals surface area contributed by atoms with Crippen LogP contribution in [0.5, 0.6) is 0 Å². The number of aromatic nitrogens is 1. The normalized spacial score (nSPS) is 11.6. The second-order valence-electron chi connectivity index (χ2n) is 6.12. The van der Waals surface area contributed by atoms with Gasteiger partial charge in [-0.15, -0.1) is 0 Å². The summed E-state index contributed by atoms with van der Waals surface area (Å²) in [6.07, 6.45) is -3.49. The molecule has 2 amide bonds. The van der Waals surface area contributed by atoms with E-state index in [4.69, 9.17) is 0 Å². The minimum atomic E-state index is -4.91. The number of urea groups is 1. The van der Waals surface area contributed by atoms with Gasteiger partial charge in [0.25, 0.3) is 10.0 Å². The smallest absolute Gasteiger partial charge is 0.308 e. The molecular formula is C19H14F4N4O3S. The summed E-state index contributed by atoms with van der Waals surface area (Å²) in [6.45, 7) is 0. The van der Waals surface area contributed by atoms with Gasteiger partial charge in [0.1, 0.15) is 11.6 Å². The van der Waals surface area contributed by atoms with E-state index >= 15 is 0 Å². The highest BCUT2D eigenvalue weighted by Gasteiger charge is 2.34. The van der Waals surface area contributed by atoms with E-state index in [1.54, 1.807) is 12.1 Å². The topological polar surface area (TPSA) is 100 Å². The fraction of sp³-hybridized carbons (Fsp3) is 0.0526. The fourth-order valence-electron chi connectivity index (χ4n) is 2.45. The first-order chi connectivity index (χ1) is 14.5. The van der Waals surface area contributed by atoms with Crippen LogP contribution in [0.15, 0.2) is 71.8 Å². The van der Waals surface area contributed by atoms with Crippen LogP contribution in [0, 0.1) is 5.82 Å². The van der Waals surface area contributed by atoms with Gasteiger partial charge < -0.3 is 10.6 Å². The molecule has 0 saturated heterocycles. The van der Waals surface area contributed by atoms with Gasteiger partial charge in [0.05, 0.1) is 10.5 Å². The quantitative estimate of drug-likeness (QED) is 0.487. The number of nitrogens with zero attached hydrogens (tertiary/aromatic N) is 1. The molecule has 1 aromatic heterocycles. The lowest BCUT2D eigenvalue weighted by molar-refractivity contribution is -0.139. The van der Waals surface area contributed by atoms with Crippen LogP contribution in [-0.2, 0) is 16.2 Å². The van der Waals surface area contributed by atoms with Gasteiger partial charge in [-0.25, -0.2) is 22.6 Å². The van der Waals surface area contributed by atoms with Crippen LogP contribution in [0.2, 0.25) is 0 Å². The largest absolute Gasteiger partial charge is 0.419 e. The third-order valence-electron chi connectivity index (χ3n) is 3.86. The summed E-state index contributed by atoms with van der Waals surface area (Å²) in [7, 11) is -3.91. The molecule has 0 aliphatic rings. The van der Waals surface area contributed by atoms with E-state index in [0.717, 1.165) is 6.07 Å². The van der Waals surface area contributed by atoms with Crippen molar-refractivity contribution in [3.8, 4) is 0 Å². The number of anilines is 3. The molecule has 0 aliphatic carbocycles. The Balaban J connectivity index is 1.67. The summed E-state index contributed by atoms with van der Waals surface area (Å²) in [6, 6.07) is 10.9. The first-order valence-electron chi connectivity index (χ1n) is 8.53. The molecule has 0 unspecified atom stereocenters. The van der Waals surface area contributed by atoms with Gasteiger partial charge in [0.15, 0.2) is 0 Å². The molecule has 3 aromatic rings. The lowest BCUT2D eigenvalue weighted by Crippen LogP contribution is -2.20. The summed E-state index contributed by atoms with van der Waals surface area (Å²) in [4.78, 5) is 15.8. The van der Waals surface area contributed by atoms with Crippen molar-refractivity contribution in [3.05, 3.63) is 78.2 Å². The minimum Gasteiger partial charge on any atom is -0.308 e.